The highest BCUT2D eigenvalue weighted by Gasteiger charge is 2.23. The summed E-state index contributed by atoms with van der Waals surface area (Å²) >= 11 is 0. The average Bonchev–Trinajstić information content (AvgIpc) is 2.35. The van der Waals surface area contributed by atoms with Crippen LogP contribution in [0.5, 0.6) is 0 Å². The van der Waals surface area contributed by atoms with Crippen LogP contribution in [0.1, 0.15) is 25.7 Å². The van der Waals surface area contributed by atoms with Gasteiger partial charge in [-0.2, -0.15) is 0 Å². The zero-order valence-corrected chi connectivity index (χ0v) is 10.2. The average molecular weight is 251 g/mol. The number of hydrogen-bond acceptors (Lipinski definition) is 2. The van der Waals surface area contributed by atoms with Gasteiger partial charge in [0.2, 0.25) is 0 Å². The lowest BCUT2D eigenvalue weighted by atomic mass is 9.91. The lowest BCUT2D eigenvalue weighted by Gasteiger charge is -2.29. The minimum Gasteiger partial charge on any atom is -0.334 e. The number of nitrogens with two attached hydrogens (primary N) is 1. The van der Waals surface area contributed by atoms with E-state index in [1.165, 1.54) is 24.3 Å². The van der Waals surface area contributed by atoms with Crippen molar-refractivity contribution in [2.24, 2.45) is 5.73 Å². The first-order chi connectivity index (χ1) is 8.65. The van der Waals surface area contributed by atoms with Gasteiger partial charge in [0.25, 0.3) is 0 Å². The van der Waals surface area contributed by atoms with Crippen LogP contribution in [0.15, 0.2) is 24.3 Å². The Morgan fingerprint density at radius 1 is 1.22 bits per heavy atom. The molecule has 1 aromatic rings. The van der Waals surface area contributed by atoms with E-state index in [0.717, 1.165) is 25.7 Å². The maximum Gasteiger partial charge on any atom is 0.319 e. The molecule has 0 spiro atoms. The Bertz CT molecular complexity index is 407. The van der Waals surface area contributed by atoms with E-state index in [1.54, 1.807) is 0 Å². The quantitative estimate of drug-likeness (QED) is 0.754. The molecule has 4 nitrogen and oxygen atoms in total. The van der Waals surface area contributed by atoms with Crippen molar-refractivity contribution >= 4 is 11.7 Å². The number of carbonyl (C=O) groups excluding carboxylic acids is 1. The maximum atomic E-state index is 12.7. The summed E-state index contributed by atoms with van der Waals surface area (Å²) in [4.78, 5) is 11.7. The summed E-state index contributed by atoms with van der Waals surface area (Å²) in [5.74, 6) is -0.324. The normalized spacial score (nSPS) is 23.4. The molecule has 2 amide bonds. The lowest BCUT2D eigenvalue weighted by molar-refractivity contribution is 0.240. The molecule has 1 saturated carbocycles. The smallest absolute Gasteiger partial charge is 0.319 e. The number of urea groups is 1. The Hall–Kier alpha value is -1.62. The molecule has 0 bridgehead atoms. The van der Waals surface area contributed by atoms with Crippen LogP contribution in [-0.4, -0.2) is 18.1 Å². The molecule has 0 aromatic heterocycles. The Morgan fingerprint density at radius 3 is 2.56 bits per heavy atom. The number of anilines is 1. The van der Waals surface area contributed by atoms with Gasteiger partial charge in [-0.05, 0) is 37.1 Å². The van der Waals surface area contributed by atoms with Crippen molar-refractivity contribution in [1.82, 2.24) is 5.32 Å². The topological polar surface area (TPSA) is 67.1 Å². The lowest BCUT2D eigenvalue weighted by Crippen LogP contribution is -2.50. The van der Waals surface area contributed by atoms with E-state index in [4.69, 9.17) is 5.73 Å². The van der Waals surface area contributed by atoms with Crippen LogP contribution in [0.3, 0.4) is 0 Å². The molecule has 0 heterocycles. The van der Waals surface area contributed by atoms with Crippen LogP contribution in [-0.2, 0) is 0 Å². The Morgan fingerprint density at radius 2 is 1.89 bits per heavy atom. The minimum atomic E-state index is -0.324. The fraction of sp³-hybridized carbons (Fsp3) is 0.462. The molecule has 18 heavy (non-hydrogen) atoms. The third kappa shape index (κ3) is 3.43. The third-order valence-electron chi connectivity index (χ3n) is 3.24. The predicted octanol–water partition coefficient (Wildman–Crippen LogP) is 2.22. The van der Waals surface area contributed by atoms with Gasteiger partial charge in [0.05, 0.1) is 0 Å². The van der Waals surface area contributed by atoms with Gasteiger partial charge < -0.3 is 16.4 Å². The Labute approximate surface area is 106 Å². The number of hydrogen-bond donors (Lipinski definition) is 3. The summed E-state index contributed by atoms with van der Waals surface area (Å²) in [5.41, 5.74) is 6.52. The molecule has 0 aliphatic heterocycles. The standard InChI is InChI=1S/C13H18FN3O/c14-9-5-7-10(8-6-9)16-13(18)17-12-4-2-1-3-11(12)15/h5-8,11-12H,1-4,15H2,(H2,16,17,18)/t11-,12-/m1/s1. The largest absolute Gasteiger partial charge is 0.334 e. The molecule has 1 fully saturated rings. The molecule has 0 radical (unpaired) electrons. The first-order valence-electron chi connectivity index (χ1n) is 6.24. The number of rotatable bonds is 2. The first-order valence-corrected chi connectivity index (χ1v) is 6.24. The summed E-state index contributed by atoms with van der Waals surface area (Å²) in [7, 11) is 0. The zero-order valence-electron chi connectivity index (χ0n) is 10.2. The molecule has 1 aromatic carbocycles. The monoisotopic (exact) mass is 251 g/mol. The number of carbonyl (C=O) groups is 1. The van der Waals surface area contributed by atoms with Gasteiger partial charge in [0.15, 0.2) is 0 Å². The fourth-order valence-electron chi connectivity index (χ4n) is 2.21. The summed E-state index contributed by atoms with van der Waals surface area (Å²) in [6, 6.07) is 5.43. The van der Waals surface area contributed by atoms with Crippen molar-refractivity contribution in [1.29, 1.82) is 0 Å². The van der Waals surface area contributed by atoms with Crippen molar-refractivity contribution < 1.29 is 9.18 Å². The molecule has 98 valence electrons. The van der Waals surface area contributed by atoms with Crippen LogP contribution in [0.25, 0.3) is 0 Å². The van der Waals surface area contributed by atoms with Crippen LogP contribution in [0, 0.1) is 5.82 Å². The van der Waals surface area contributed by atoms with E-state index in [1.807, 2.05) is 0 Å². The van der Waals surface area contributed by atoms with Gasteiger partial charge in [-0.25, -0.2) is 9.18 Å². The molecule has 0 unspecified atom stereocenters. The second-order valence-corrected chi connectivity index (χ2v) is 4.66. The summed E-state index contributed by atoms with van der Waals surface area (Å²) in [6.07, 6.45) is 4.08. The highest BCUT2D eigenvalue weighted by atomic mass is 19.1. The highest BCUT2D eigenvalue weighted by Crippen LogP contribution is 2.17. The zero-order chi connectivity index (χ0) is 13.0. The number of halogens is 1. The van der Waals surface area contributed by atoms with Crippen LogP contribution in [0.2, 0.25) is 0 Å². The highest BCUT2D eigenvalue weighted by molar-refractivity contribution is 5.89. The van der Waals surface area contributed by atoms with Gasteiger partial charge in [-0.3, -0.25) is 0 Å². The summed E-state index contributed by atoms with van der Waals surface area (Å²) in [6.45, 7) is 0. The SMILES string of the molecule is N[C@@H]1CCCC[C@H]1NC(=O)Nc1ccc(F)cc1. The van der Waals surface area contributed by atoms with Crippen molar-refractivity contribution in [3.8, 4) is 0 Å². The van der Waals surface area contributed by atoms with Crippen molar-refractivity contribution in [2.45, 2.75) is 37.8 Å². The number of benzene rings is 1. The molecule has 2 rings (SSSR count). The summed E-state index contributed by atoms with van der Waals surface area (Å²) in [5, 5.41) is 5.53. The van der Waals surface area contributed by atoms with Crippen LogP contribution >= 0.6 is 0 Å². The number of nitrogens with one attached hydrogen (secondary N) is 2. The van der Waals surface area contributed by atoms with E-state index in [0.29, 0.717) is 5.69 Å². The molecule has 1 aliphatic carbocycles. The van der Waals surface area contributed by atoms with E-state index < -0.39 is 0 Å². The molecule has 1 aliphatic rings. The second kappa shape index (κ2) is 5.82. The van der Waals surface area contributed by atoms with Gasteiger partial charge in [0.1, 0.15) is 5.82 Å². The molecule has 2 atom stereocenters. The Balaban J connectivity index is 1.86. The Kier molecular flexibility index (Phi) is 4.15. The van der Waals surface area contributed by atoms with E-state index in [9.17, 15) is 9.18 Å². The minimum absolute atomic E-state index is 0.0257. The maximum absolute atomic E-state index is 12.7. The molecule has 5 heteroatoms. The predicted molar refractivity (Wildman–Crippen MR) is 68.8 cm³/mol. The van der Waals surface area contributed by atoms with Crippen molar-refractivity contribution in [3.05, 3.63) is 30.1 Å². The van der Waals surface area contributed by atoms with Crippen LogP contribution in [0.4, 0.5) is 14.9 Å². The van der Waals surface area contributed by atoms with Gasteiger partial charge in [-0.15, -0.1) is 0 Å². The third-order valence-corrected chi connectivity index (χ3v) is 3.24. The van der Waals surface area contributed by atoms with E-state index in [-0.39, 0.29) is 23.9 Å². The number of amides is 2. The van der Waals surface area contributed by atoms with E-state index in [2.05, 4.69) is 10.6 Å². The fourth-order valence-corrected chi connectivity index (χ4v) is 2.21. The molecular weight excluding hydrogens is 233 g/mol. The van der Waals surface area contributed by atoms with Gasteiger partial charge in [-0.1, -0.05) is 12.8 Å². The van der Waals surface area contributed by atoms with Crippen molar-refractivity contribution in [3.63, 3.8) is 0 Å². The molecule has 0 saturated heterocycles. The van der Waals surface area contributed by atoms with Crippen molar-refractivity contribution in [2.75, 3.05) is 5.32 Å². The second-order valence-electron chi connectivity index (χ2n) is 4.66. The van der Waals surface area contributed by atoms with E-state index >= 15 is 0 Å². The molecular formula is C13H18FN3O. The first kappa shape index (κ1) is 12.8. The van der Waals surface area contributed by atoms with Crippen LogP contribution < -0.4 is 16.4 Å². The summed E-state index contributed by atoms with van der Waals surface area (Å²) < 4.78 is 12.7. The molecule has 4 N–H and O–H groups in total. The van der Waals surface area contributed by atoms with Gasteiger partial charge in [0, 0.05) is 17.8 Å². The van der Waals surface area contributed by atoms with Gasteiger partial charge >= 0.3 is 6.03 Å².